The van der Waals surface area contributed by atoms with Crippen LogP contribution >= 0.6 is 23.2 Å². The molecule has 0 aliphatic heterocycles. The Kier molecular flexibility index (Phi) is 4.20. The van der Waals surface area contributed by atoms with Gasteiger partial charge in [-0.1, -0.05) is 48.9 Å². The van der Waals surface area contributed by atoms with E-state index in [2.05, 4.69) is 29.0 Å². The fourth-order valence-corrected chi connectivity index (χ4v) is 2.49. The molecule has 1 atom stereocenters. The lowest BCUT2D eigenvalue weighted by atomic mass is 9.91. The predicted molar refractivity (Wildman–Crippen MR) is 75.4 cm³/mol. The van der Waals surface area contributed by atoms with E-state index in [-0.39, 0.29) is 11.2 Å². The van der Waals surface area contributed by atoms with Crippen LogP contribution in [0.2, 0.25) is 10.4 Å². The Labute approximate surface area is 117 Å². The van der Waals surface area contributed by atoms with Crippen molar-refractivity contribution in [3.8, 4) is 0 Å². The first-order chi connectivity index (χ1) is 8.63. The van der Waals surface area contributed by atoms with E-state index in [9.17, 15) is 0 Å². The van der Waals surface area contributed by atoms with Crippen LogP contribution in [0.5, 0.6) is 0 Å². The highest BCUT2D eigenvalue weighted by Crippen LogP contribution is 2.31. The van der Waals surface area contributed by atoms with Gasteiger partial charge < -0.3 is 0 Å². The number of benzene rings is 1. The summed E-state index contributed by atoms with van der Waals surface area (Å²) in [5, 5.41) is 0.634. The lowest BCUT2D eigenvalue weighted by molar-refractivity contribution is 0.737. The summed E-state index contributed by atoms with van der Waals surface area (Å²) in [6, 6.07) is 10.2. The van der Waals surface area contributed by atoms with E-state index >= 15 is 0 Å². The smallest absolute Gasteiger partial charge is 0.222 e. The number of hydrogen-bond donors (Lipinski definition) is 0. The van der Waals surface area contributed by atoms with Gasteiger partial charge in [-0.05, 0) is 30.5 Å². The molecule has 18 heavy (non-hydrogen) atoms. The lowest BCUT2D eigenvalue weighted by Gasteiger charge is -2.17. The summed E-state index contributed by atoms with van der Waals surface area (Å²) in [5.41, 5.74) is 3.03. The maximum Gasteiger partial charge on any atom is 0.224 e. The van der Waals surface area contributed by atoms with Gasteiger partial charge in [0.15, 0.2) is 0 Å². The maximum absolute atomic E-state index is 6.07. The first kappa shape index (κ1) is 13.3. The van der Waals surface area contributed by atoms with Crippen LogP contribution in [0.4, 0.5) is 0 Å². The minimum Gasteiger partial charge on any atom is -0.222 e. The van der Waals surface area contributed by atoms with Gasteiger partial charge in [0.25, 0.3) is 0 Å². The standard InChI is InChI=1S/C14H14Cl2N2/c1-3-11(10-7-5-4-6-8-10)12-9(2)13(15)18-14(16)17-12/h4-8,11H,3H2,1-2H3. The van der Waals surface area contributed by atoms with Crippen molar-refractivity contribution in [1.29, 1.82) is 0 Å². The molecule has 4 heteroatoms. The van der Waals surface area contributed by atoms with Crippen molar-refractivity contribution in [2.75, 3.05) is 0 Å². The monoisotopic (exact) mass is 280 g/mol. The van der Waals surface area contributed by atoms with E-state index in [1.54, 1.807) is 0 Å². The van der Waals surface area contributed by atoms with E-state index in [0.29, 0.717) is 5.15 Å². The fourth-order valence-electron chi connectivity index (χ4n) is 2.09. The Bertz CT molecular complexity index is 541. The zero-order chi connectivity index (χ0) is 13.1. The third-order valence-corrected chi connectivity index (χ3v) is 3.57. The highest BCUT2D eigenvalue weighted by molar-refractivity contribution is 6.32. The van der Waals surface area contributed by atoms with Crippen molar-refractivity contribution in [1.82, 2.24) is 9.97 Å². The molecule has 1 heterocycles. The SMILES string of the molecule is CCC(c1ccccc1)c1nc(Cl)nc(Cl)c1C. The van der Waals surface area contributed by atoms with Gasteiger partial charge in [0.05, 0.1) is 5.69 Å². The van der Waals surface area contributed by atoms with Crippen molar-refractivity contribution in [2.24, 2.45) is 0 Å². The number of hydrogen-bond acceptors (Lipinski definition) is 2. The average Bonchev–Trinajstić information content (AvgIpc) is 2.37. The van der Waals surface area contributed by atoms with Gasteiger partial charge in [-0.3, -0.25) is 0 Å². The third kappa shape index (κ3) is 2.65. The molecule has 2 aromatic rings. The third-order valence-electron chi connectivity index (χ3n) is 3.04. The Morgan fingerprint density at radius 1 is 1.11 bits per heavy atom. The summed E-state index contributed by atoms with van der Waals surface area (Å²) in [7, 11) is 0. The summed E-state index contributed by atoms with van der Waals surface area (Å²) in [6.45, 7) is 4.06. The number of aromatic nitrogens is 2. The van der Waals surface area contributed by atoms with Crippen molar-refractivity contribution in [2.45, 2.75) is 26.2 Å². The molecule has 0 saturated carbocycles. The fraction of sp³-hybridized carbons (Fsp3) is 0.286. The summed E-state index contributed by atoms with van der Waals surface area (Å²) in [6.07, 6.45) is 0.939. The van der Waals surface area contributed by atoms with Crippen molar-refractivity contribution >= 4 is 23.2 Å². The molecule has 0 N–H and O–H groups in total. The van der Waals surface area contributed by atoms with Crippen LogP contribution < -0.4 is 0 Å². The zero-order valence-electron chi connectivity index (χ0n) is 10.3. The number of rotatable bonds is 3. The summed E-state index contributed by atoms with van der Waals surface area (Å²) >= 11 is 12.0. The number of nitrogens with zero attached hydrogens (tertiary/aromatic N) is 2. The second-order valence-corrected chi connectivity index (χ2v) is 4.86. The van der Waals surface area contributed by atoms with Crippen LogP contribution in [-0.4, -0.2) is 9.97 Å². The second-order valence-electron chi connectivity index (χ2n) is 4.17. The van der Waals surface area contributed by atoms with Crippen LogP contribution in [0, 0.1) is 6.92 Å². The molecular weight excluding hydrogens is 267 g/mol. The number of halogens is 2. The van der Waals surface area contributed by atoms with Gasteiger partial charge in [0, 0.05) is 11.5 Å². The van der Waals surface area contributed by atoms with E-state index in [0.717, 1.165) is 17.7 Å². The molecule has 1 aromatic carbocycles. The first-order valence-corrected chi connectivity index (χ1v) is 6.63. The van der Waals surface area contributed by atoms with Crippen LogP contribution in [0.3, 0.4) is 0 Å². The Morgan fingerprint density at radius 2 is 1.78 bits per heavy atom. The van der Waals surface area contributed by atoms with Gasteiger partial charge in [0.2, 0.25) is 5.28 Å². The Balaban J connectivity index is 2.52. The van der Waals surface area contributed by atoms with Gasteiger partial charge in [-0.2, -0.15) is 0 Å². The van der Waals surface area contributed by atoms with Crippen LogP contribution in [0.25, 0.3) is 0 Å². The van der Waals surface area contributed by atoms with E-state index in [1.165, 1.54) is 5.56 Å². The molecule has 0 spiro atoms. The molecule has 94 valence electrons. The first-order valence-electron chi connectivity index (χ1n) is 5.88. The lowest BCUT2D eigenvalue weighted by Crippen LogP contribution is -2.06. The molecule has 2 nitrogen and oxygen atoms in total. The summed E-state index contributed by atoms with van der Waals surface area (Å²) < 4.78 is 0. The Hall–Kier alpha value is -1.12. The van der Waals surface area contributed by atoms with Gasteiger partial charge in [-0.25, -0.2) is 9.97 Å². The van der Waals surface area contributed by atoms with E-state index in [1.807, 2.05) is 25.1 Å². The van der Waals surface area contributed by atoms with Gasteiger partial charge >= 0.3 is 0 Å². The normalized spacial score (nSPS) is 12.4. The molecule has 0 aliphatic carbocycles. The molecule has 0 radical (unpaired) electrons. The maximum atomic E-state index is 6.07. The van der Waals surface area contributed by atoms with Crippen molar-refractivity contribution in [3.05, 3.63) is 57.6 Å². The van der Waals surface area contributed by atoms with Crippen LogP contribution in [0.15, 0.2) is 30.3 Å². The predicted octanol–water partition coefficient (Wildman–Crippen LogP) is 4.63. The van der Waals surface area contributed by atoms with Crippen LogP contribution in [0.1, 0.15) is 36.1 Å². The van der Waals surface area contributed by atoms with Crippen LogP contribution in [-0.2, 0) is 0 Å². The average molecular weight is 281 g/mol. The van der Waals surface area contributed by atoms with Crippen molar-refractivity contribution < 1.29 is 0 Å². The van der Waals surface area contributed by atoms with Gasteiger partial charge in [-0.15, -0.1) is 0 Å². The molecular formula is C14H14Cl2N2. The quantitative estimate of drug-likeness (QED) is 0.605. The summed E-state index contributed by atoms with van der Waals surface area (Å²) in [5.74, 6) is 0.198. The molecule has 0 fully saturated rings. The molecule has 0 aliphatic rings. The second kappa shape index (κ2) is 5.68. The molecule has 2 rings (SSSR count). The van der Waals surface area contributed by atoms with Gasteiger partial charge in [0.1, 0.15) is 5.15 Å². The van der Waals surface area contributed by atoms with E-state index in [4.69, 9.17) is 23.2 Å². The van der Waals surface area contributed by atoms with E-state index < -0.39 is 0 Å². The highest BCUT2D eigenvalue weighted by Gasteiger charge is 2.18. The Morgan fingerprint density at radius 3 is 2.39 bits per heavy atom. The minimum atomic E-state index is 0.198. The molecule has 1 unspecified atom stereocenters. The molecule has 1 aromatic heterocycles. The minimum absolute atomic E-state index is 0.198. The highest BCUT2D eigenvalue weighted by atomic mass is 35.5. The molecule has 0 bridgehead atoms. The van der Waals surface area contributed by atoms with Crippen molar-refractivity contribution in [3.63, 3.8) is 0 Å². The topological polar surface area (TPSA) is 25.8 Å². The summed E-state index contributed by atoms with van der Waals surface area (Å²) in [4.78, 5) is 8.31. The molecule has 0 amide bonds. The zero-order valence-corrected chi connectivity index (χ0v) is 11.8. The molecule has 0 saturated heterocycles. The largest absolute Gasteiger partial charge is 0.224 e.